The van der Waals surface area contributed by atoms with E-state index in [2.05, 4.69) is 37.6 Å². The molecule has 1 saturated carbocycles. The minimum absolute atomic E-state index is 0.370. The van der Waals surface area contributed by atoms with Gasteiger partial charge in [0, 0.05) is 54.1 Å². The van der Waals surface area contributed by atoms with Crippen LogP contribution in [0.15, 0.2) is 66.1 Å². The molecule has 2 aromatic heterocycles. The number of nitriles is 1. The molecule has 8 nitrogen and oxygen atoms in total. The summed E-state index contributed by atoms with van der Waals surface area (Å²) in [6.45, 7) is 0.564. The van der Waals surface area contributed by atoms with E-state index in [1.807, 2.05) is 22.7 Å². The Balaban J connectivity index is 1.39. The fourth-order valence-corrected chi connectivity index (χ4v) is 5.23. The normalized spacial score (nSPS) is 16.8. The van der Waals surface area contributed by atoms with E-state index in [1.54, 1.807) is 35.7 Å². The van der Waals surface area contributed by atoms with Gasteiger partial charge in [-0.1, -0.05) is 23.7 Å². The third-order valence-electron chi connectivity index (χ3n) is 6.37. The van der Waals surface area contributed by atoms with E-state index in [0.29, 0.717) is 63.1 Å². The molecule has 1 fully saturated rings. The first-order chi connectivity index (χ1) is 18.9. The number of thiazole rings is 1. The lowest BCUT2D eigenvalue weighted by Gasteiger charge is -2.22. The predicted octanol–water partition coefficient (Wildman–Crippen LogP) is 5.49. The van der Waals surface area contributed by atoms with Gasteiger partial charge in [-0.25, -0.2) is 9.37 Å². The molecule has 0 spiro atoms. The Kier molecular flexibility index (Phi) is 6.39. The predicted molar refractivity (Wildman–Crippen MR) is 148 cm³/mol. The van der Waals surface area contributed by atoms with Crippen molar-refractivity contribution in [3.05, 3.63) is 93.0 Å². The molecular formula is C27H24ClFN8S. The van der Waals surface area contributed by atoms with E-state index < -0.39 is 6.02 Å². The maximum atomic E-state index is 13.8. The number of nitrogens with one attached hydrogen (secondary N) is 4. The summed E-state index contributed by atoms with van der Waals surface area (Å²) in [4.78, 5) is 8.75. The van der Waals surface area contributed by atoms with E-state index in [9.17, 15) is 11.0 Å². The zero-order valence-corrected chi connectivity index (χ0v) is 21.7. The molecule has 4 N–H and O–H groups in total. The molecule has 4 aromatic rings. The maximum Gasteiger partial charge on any atom is 0.123 e. The summed E-state index contributed by atoms with van der Waals surface area (Å²) in [7, 11) is 0. The van der Waals surface area contributed by atoms with Crippen molar-refractivity contribution in [1.82, 2.24) is 25.9 Å². The van der Waals surface area contributed by atoms with Crippen LogP contribution in [0.4, 0.5) is 15.8 Å². The third-order valence-corrected chi connectivity index (χ3v) is 7.50. The molecule has 1 atom stereocenters. The molecule has 1 aliphatic heterocycles. The molecule has 11 heteroatoms. The first-order valence-electron chi connectivity index (χ1n) is 12.7. The Morgan fingerprint density at radius 1 is 1.29 bits per heavy atom. The van der Waals surface area contributed by atoms with Gasteiger partial charge in [0.15, 0.2) is 0 Å². The summed E-state index contributed by atoms with van der Waals surface area (Å²) in [6.07, 6.45) is 7.97. The highest BCUT2D eigenvalue weighted by molar-refractivity contribution is 7.09. The van der Waals surface area contributed by atoms with Crippen LogP contribution < -0.4 is 21.6 Å². The Morgan fingerprint density at radius 3 is 2.87 bits per heavy atom. The molecule has 0 unspecified atom stereocenters. The SMILES string of the molecule is [2H][C@](Nc1cc(Cl)c2ncc(C#N)c(NCCc3nccs3)c2c1)(C1=CN(C2CC2)NN1)c1ccc(F)cc1. The van der Waals surface area contributed by atoms with E-state index in [1.165, 1.54) is 18.3 Å². The molecular weight excluding hydrogens is 523 g/mol. The fourth-order valence-electron chi connectivity index (χ4n) is 4.34. The van der Waals surface area contributed by atoms with Gasteiger partial charge >= 0.3 is 0 Å². The van der Waals surface area contributed by atoms with Crippen LogP contribution in [0.25, 0.3) is 10.9 Å². The van der Waals surface area contributed by atoms with Crippen LogP contribution in [0.3, 0.4) is 0 Å². The first kappa shape index (κ1) is 23.2. The summed E-state index contributed by atoms with van der Waals surface area (Å²) in [5, 5.41) is 22.4. The number of benzene rings is 2. The Bertz CT molecular complexity index is 1590. The molecule has 0 amide bonds. The second kappa shape index (κ2) is 10.5. The molecule has 0 bridgehead atoms. The van der Waals surface area contributed by atoms with Crippen molar-refractivity contribution in [2.24, 2.45) is 0 Å². The van der Waals surface area contributed by atoms with Gasteiger partial charge in [-0.05, 0) is 42.7 Å². The number of hydrogen-bond donors (Lipinski definition) is 4. The van der Waals surface area contributed by atoms with Crippen LogP contribution in [0.2, 0.25) is 5.02 Å². The second-order valence-corrected chi connectivity index (χ2v) is 10.4. The number of nitrogens with zero attached hydrogens (tertiary/aromatic N) is 4. The average molecular weight is 548 g/mol. The molecule has 1 aliphatic carbocycles. The molecule has 2 aliphatic rings. The zero-order chi connectivity index (χ0) is 27.0. The zero-order valence-electron chi connectivity index (χ0n) is 21.1. The van der Waals surface area contributed by atoms with Crippen LogP contribution in [0.5, 0.6) is 0 Å². The number of rotatable bonds is 9. The highest BCUT2D eigenvalue weighted by Crippen LogP contribution is 2.36. The quantitative estimate of drug-likeness (QED) is 0.218. The first-order valence-corrected chi connectivity index (χ1v) is 13.4. The number of fused-ring (bicyclic) bond motifs is 1. The minimum atomic E-state index is -1.51. The molecule has 0 radical (unpaired) electrons. The van der Waals surface area contributed by atoms with Gasteiger partial charge < -0.3 is 16.1 Å². The van der Waals surface area contributed by atoms with Crippen molar-refractivity contribution in [2.45, 2.75) is 31.3 Å². The van der Waals surface area contributed by atoms with Gasteiger partial charge in [-0.15, -0.1) is 16.9 Å². The molecule has 3 heterocycles. The average Bonchev–Trinajstić information content (AvgIpc) is 3.41. The third kappa shape index (κ3) is 5.09. The highest BCUT2D eigenvalue weighted by Gasteiger charge is 2.32. The summed E-state index contributed by atoms with van der Waals surface area (Å²) < 4.78 is 23.4. The van der Waals surface area contributed by atoms with Gasteiger partial charge in [-0.2, -0.15) is 5.26 Å². The minimum Gasteiger partial charge on any atom is -0.383 e. The van der Waals surface area contributed by atoms with E-state index in [0.717, 1.165) is 17.8 Å². The molecule has 6 rings (SSSR count). The van der Waals surface area contributed by atoms with Gasteiger partial charge in [0.1, 0.15) is 11.9 Å². The van der Waals surface area contributed by atoms with Gasteiger partial charge in [0.05, 0.1) is 39.9 Å². The topological polar surface area (TPSA) is 101 Å². The molecule has 2 aromatic carbocycles. The van der Waals surface area contributed by atoms with Crippen molar-refractivity contribution in [1.29, 1.82) is 5.26 Å². The number of hydrogen-bond acceptors (Lipinski definition) is 9. The fraction of sp³-hybridized carbons (Fsp3) is 0.222. The number of pyridine rings is 1. The summed E-state index contributed by atoms with van der Waals surface area (Å²) in [5.41, 5.74) is 9.37. The van der Waals surface area contributed by atoms with Crippen LogP contribution in [0.1, 0.15) is 36.4 Å². The number of anilines is 2. The maximum absolute atomic E-state index is 13.8. The van der Waals surface area contributed by atoms with Crippen LogP contribution >= 0.6 is 22.9 Å². The second-order valence-electron chi connectivity index (χ2n) is 9.04. The lowest BCUT2D eigenvalue weighted by atomic mass is 10.0. The van der Waals surface area contributed by atoms with Crippen LogP contribution in [-0.2, 0) is 6.42 Å². The Morgan fingerprint density at radius 2 is 2.13 bits per heavy atom. The van der Waals surface area contributed by atoms with Crippen molar-refractivity contribution in [2.75, 3.05) is 17.2 Å². The monoisotopic (exact) mass is 547 g/mol. The molecule has 192 valence electrons. The Labute approximate surface area is 229 Å². The standard InChI is InChI=1S/C27H24ClFN8S/c28-22-12-19(11-21-25(17(13-30)14-33-27(21)22)32-8-7-24-31-9-10-38-24)34-26(16-1-3-18(29)4-2-16)23-15-37(36-35-23)20-5-6-20/h1-4,9-12,14-15,20,26,34-36H,5-8H2,(H,32,33)/t26-/m1/s1/i26D. The summed E-state index contributed by atoms with van der Waals surface area (Å²) in [5.74, 6) is -0.385. The smallest absolute Gasteiger partial charge is 0.123 e. The van der Waals surface area contributed by atoms with Crippen LogP contribution in [0, 0.1) is 17.1 Å². The highest BCUT2D eigenvalue weighted by atomic mass is 35.5. The largest absolute Gasteiger partial charge is 0.383 e. The van der Waals surface area contributed by atoms with E-state index in [-0.39, 0.29) is 5.82 Å². The van der Waals surface area contributed by atoms with Crippen molar-refractivity contribution >= 4 is 45.2 Å². The van der Waals surface area contributed by atoms with Gasteiger partial charge in [-0.3, -0.25) is 9.99 Å². The van der Waals surface area contributed by atoms with Crippen molar-refractivity contribution in [3.8, 4) is 6.07 Å². The van der Waals surface area contributed by atoms with E-state index in [4.69, 9.17) is 11.6 Å². The lowest BCUT2D eigenvalue weighted by Crippen LogP contribution is -2.38. The van der Waals surface area contributed by atoms with E-state index >= 15 is 0 Å². The van der Waals surface area contributed by atoms with Gasteiger partial charge in [0.2, 0.25) is 0 Å². The number of aromatic nitrogens is 2. The lowest BCUT2D eigenvalue weighted by molar-refractivity contribution is 0.260. The molecule has 0 saturated heterocycles. The molecule has 38 heavy (non-hydrogen) atoms. The number of hydrazine groups is 2. The van der Waals surface area contributed by atoms with Crippen molar-refractivity contribution < 1.29 is 5.76 Å². The number of halogens is 2. The van der Waals surface area contributed by atoms with Gasteiger partial charge in [0.25, 0.3) is 0 Å². The van der Waals surface area contributed by atoms with Crippen LogP contribution in [-0.4, -0.2) is 27.6 Å². The Hall–Kier alpha value is -3.91. The van der Waals surface area contributed by atoms with Crippen molar-refractivity contribution in [3.63, 3.8) is 0 Å². The summed E-state index contributed by atoms with van der Waals surface area (Å²) >= 11 is 8.27. The summed E-state index contributed by atoms with van der Waals surface area (Å²) in [6, 6.07) is 10.4.